The molecule has 5 nitrogen and oxygen atoms in total. The molecule has 2 aromatic carbocycles. The monoisotopic (exact) mass is 300 g/mol. The van der Waals surface area contributed by atoms with Crippen molar-refractivity contribution in [2.45, 2.75) is 6.92 Å². The summed E-state index contributed by atoms with van der Waals surface area (Å²) >= 11 is 0. The van der Waals surface area contributed by atoms with Gasteiger partial charge in [-0.1, -0.05) is 17.7 Å². The molecule has 0 spiro atoms. The third kappa shape index (κ3) is 3.69. The molecule has 0 amide bonds. The van der Waals surface area contributed by atoms with Crippen molar-refractivity contribution in [2.75, 3.05) is 26.8 Å². The van der Waals surface area contributed by atoms with Gasteiger partial charge in [0, 0.05) is 11.6 Å². The first-order valence-electron chi connectivity index (χ1n) is 6.83. The zero-order valence-electron chi connectivity index (χ0n) is 13.2. The van der Waals surface area contributed by atoms with Crippen LogP contribution in [0.15, 0.2) is 41.5 Å². The fourth-order valence-corrected chi connectivity index (χ4v) is 1.96. The van der Waals surface area contributed by atoms with Gasteiger partial charge in [0.05, 0.1) is 33.2 Å². The van der Waals surface area contributed by atoms with Gasteiger partial charge in [-0.25, -0.2) is 0 Å². The summed E-state index contributed by atoms with van der Waals surface area (Å²) in [5, 5.41) is 4.23. The lowest BCUT2D eigenvalue weighted by Crippen LogP contribution is -1.98. The molecular weight excluding hydrogens is 280 g/mol. The molecule has 22 heavy (non-hydrogen) atoms. The number of hydrazone groups is 1. The Hall–Kier alpha value is -2.69. The Balaban J connectivity index is 2.20. The highest BCUT2D eigenvalue weighted by atomic mass is 16.5. The van der Waals surface area contributed by atoms with Gasteiger partial charge >= 0.3 is 0 Å². The number of ether oxygens (including phenoxy) is 3. The van der Waals surface area contributed by atoms with E-state index in [4.69, 9.17) is 14.2 Å². The van der Waals surface area contributed by atoms with E-state index in [9.17, 15) is 0 Å². The van der Waals surface area contributed by atoms with Gasteiger partial charge in [0.15, 0.2) is 11.5 Å². The highest BCUT2D eigenvalue weighted by Crippen LogP contribution is 2.33. The van der Waals surface area contributed by atoms with Crippen LogP contribution in [0.3, 0.4) is 0 Å². The van der Waals surface area contributed by atoms with Crippen LogP contribution in [-0.4, -0.2) is 27.5 Å². The molecule has 0 aliphatic heterocycles. The molecule has 116 valence electrons. The predicted molar refractivity (Wildman–Crippen MR) is 88.5 cm³/mol. The van der Waals surface area contributed by atoms with Gasteiger partial charge in [-0.2, -0.15) is 5.10 Å². The zero-order valence-corrected chi connectivity index (χ0v) is 13.2. The van der Waals surface area contributed by atoms with E-state index >= 15 is 0 Å². The minimum Gasteiger partial charge on any atom is -0.496 e. The van der Waals surface area contributed by atoms with Crippen LogP contribution in [0, 0.1) is 6.92 Å². The second kappa shape index (κ2) is 7.36. The number of methoxy groups -OCH3 is 3. The SMILES string of the molecule is COc1cc(OC)c(OC)cc1/C=N/Nc1ccc(C)cc1. The maximum atomic E-state index is 5.35. The second-order valence-electron chi connectivity index (χ2n) is 4.69. The summed E-state index contributed by atoms with van der Waals surface area (Å²) in [6, 6.07) is 11.6. The average molecular weight is 300 g/mol. The molecule has 2 aromatic rings. The van der Waals surface area contributed by atoms with E-state index in [1.54, 1.807) is 33.6 Å². The maximum absolute atomic E-state index is 5.35. The first kappa shape index (κ1) is 15.7. The largest absolute Gasteiger partial charge is 0.496 e. The normalized spacial score (nSPS) is 10.5. The number of hydrogen-bond acceptors (Lipinski definition) is 5. The molecule has 0 atom stereocenters. The van der Waals surface area contributed by atoms with Crippen LogP contribution >= 0.6 is 0 Å². The smallest absolute Gasteiger partial charge is 0.164 e. The Kier molecular flexibility index (Phi) is 5.25. The first-order chi connectivity index (χ1) is 10.7. The van der Waals surface area contributed by atoms with Crippen LogP contribution in [0.1, 0.15) is 11.1 Å². The summed E-state index contributed by atoms with van der Waals surface area (Å²) in [6.07, 6.45) is 1.68. The zero-order chi connectivity index (χ0) is 15.9. The summed E-state index contributed by atoms with van der Waals surface area (Å²) in [6.45, 7) is 2.04. The number of hydrogen-bond donors (Lipinski definition) is 1. The van der Waals surface area contributed by atoms with E-state index in [0.29, 0.717) is 17.2 Å². The van der Waals surface area contributed by atoms with E-state index in [0.717, 1.165) is 11.3 Å². The van der Waals surface area contributed by atoms with Crippen LogP contribution in [0.4, 0.5) is 5.69 Å². The molecule has 0 unspecified atom stereocenters. The average Bonchev–Trinajstić information content (AvgIpc) is 2.56. The summed E-state index contributed by atoms with van der Waals surface area (Å²) in [4.78, 5) is 0. The van der Waals surface area contributed by atoms with Crippen molar-refractivity contribution in [3.8, 4) is 17.2 Å². The first-order valence-corrected chi connectivity index (χ1v) is 6.83. The minimum atomic E-state index is 0.614. The Morgan fingerprint density at radius 3 is 2.05 bits per heavy atom. The molecule has 5 heteroatoms. The highest BCUT2D eigenvalue weighted by molar-refractivity contribution is 5.85. The Bertz CT molecular complexity index is 652. The van der Waals surface area contributed by atoms with Crippen molar-refractivity contribution in [3.63, 3.8) is 0 Å². The third-order valence-corrected chi connectivity index (χ3v) is 3.18. The van der Waals surface area contributed by atoms with Crippen molar-refractivity contribution in [1.29, 1.82) is 0 Å². The van der Waals surface area contributed by atoms with Gasteiger partial charge in [0.1, 0.15) is 5.75 Å². The van der Waals surface area contributed by atoms with Crippen molar-refractivity contribution in [3.05, 3.63) is 47.5 Å². The topological polar surface area (TPSA) is 52.1 Å². The fourth-order valence-electron chi connectivity index (χ4n) is 1.96. The van der Waals surface area contributed by atoms with Crippen molar-refractivity contribution in [1.82, 2.24) is 0 Å². The van der Waals surface area contributed by atoms with Gasteiger partial charge in [-0.3, -0.25) is 5.43 Å². The van der Waals surface area contributed by atoms with Gasteiger partial charge in [0.2, 0.25) is 0 Å². The van der Waals surface area contributed by atoms with Gasteiger partial charge < -0.3 is 14.2 Å². The standard InChI is InChI=1S/C17H20N2O3/c1-12-5-7-14(8-6-12)19-18-11-13-9-16(21-3)17(22-4)10-15(13)20-2/h5-11,19H,1-4H3/b18-11+. The summed E-state index contributed by atoms with van der Waals surface area (Å²) in [5.41, 5.74) is 5.89. The van der Waals surface area contributed by atoms with E-state index in [2.05, 4.69) is 10.5 Å². The van der Waals surface area contributed by atoms with Crippen LogP contribution < -0.4 is 19.6 Å². The van der Waals surface area contributed by atoms with Gasteiger partial charge in [-0.05, 0) is 25.1 Å². The lowest BCUT2D eigenvalue weighted by atomic mass is 10.2. The number of nitrogens with zero attached hydrogens (tertiary/aromatic N) is 1. The quantitative estimate of drug-likeness (QED) is 0.655. The highest BCUT2D eigenvalue weighted by Gasteiger charge is 2.10. The lowest BCUT2D eigenvalue weighted by Gasteiger charge is -2.11. The van der Waals surface area contributed by atoms with E-state index in [-0.39, 0.29) is 0 Å². The van der Waals surface area contributed by atoms with E-state index in [1.807, 2.05) is 37.3 Å². The van der Waals surface area contributed by atoms with Crippen LogP contribution in [-0.2, 0) is 0 Å². The molecular formula is C17H20N2O3. The molecule has 0 heterocycles. The molecule has 0 aromatic heterocycles. The summed E-state index contributed by atoms with van der Waals surface area (Å²) in [5.74, 6) is 1.90. The number of nitrogens with one attached hydrogen (secondary N) is 1. The fraction of sp³-hybridized carbons (Fsp3) is 0.235. The van der Waals surface area contributed by atoms with Gasteiger partial charge in [-0.15, -0.1) is 0 Å². The molecule has 0 saturated heterocycles. The minimum absolute atomic E-state index is 0.614. The molecule has 0 fully saturated rings. The van der Waals surface area contributed by atoms with Gasteiger partial charge in [0.25, 0.3) is 0 Å². The Labute approximate surface area is 130 Å². The second-order valence-corrected chi connectivity index (χ2v) is 4.69. The molecule has 0 bridgehead atoms. The van der Waals surface area contributed by atoms with Crippen molar-refractivity contribution < 1.29 is 14.2 Å². The van der Waals surface area contributed by atoms with Crippen LogP contribution in [0.2, 0.25) is 0 Å². The maximum Gasteiger partial charge on any atom is 0.164 e. The summed E-state index contributed by atoms with van der Waals surface area (Å²) in [7, 11) is 4.78. The number of aryl methyl sites for hydroxylation is 1. The van der Waals surface area contributed by atoms with Crippen LogP contribution in [0.25, 0.3) is 0 Å². The molecule has 0 radical (unpaired) electrons. The molecule has 0 aliphatic carbocycles. The molecule has 0 saturated carbocycles. The molecule has 0 aliphatic rings. The van der Waals surface area contributed by atoms with Crippen molar-refractivity contribution >= 4 is 11.9 Å². The van der Waals surface area contributed by atoms with Crippen molar-refractivity contribution in [2.24, 2.45) is 5.10 Å². The Morgan fingerprint density at radius 1 is 0.864 bits per heavy atom. The van der Waals surface area contributed by atoms with E-state index < -0.39 is 0 Å². The van der Waals surface area contributed by atoms with E-state index in [1.165, 1.54) is 5.56 Å². The summed E-state index contributed by atoms with van der Waals surface area (Å²) < 4.78 is 15.9. The number of benzene rings is 2. The third-order valence-electron chi connectivity index (χ3n) is 3.18. The predicted octanol–water partition coefficient (Wildman–Crippen LogP) is 3.47. The lowest BCUT2D eigenvalue weighted by molar-refractivity contribution is 0.349. The Morgan fingerprint density at radius 2 is 1.45 bits per heavy atom. The molecule has 1 N–H and O–H groups in total. The number of rotatable bonds is 6. The molecule has 2 rings (SSSR count). The van der Waals surface area contributed by atoms with Crippen LogP contribution in [0.5, 0.6) is 17.2 Å². The number of anilines is 1.